The maximum Gasteiger partial charge on any atom is 0.264 e. The summed E-state index contributed by atoms with van der Waals surface area (Å²) in [6.45, 7) is 2.55. The van der Waals surface area contributed by atoms with Gasteiger partial charge in [-0.3, -0.25) is 9.59 Å². The van der Waals surface area contributed by atoms with Crippen LogP contribution in [0.2, 0.25) is 5.02 Å². The summed E-state index contributed by atoms with van der Waals surface area (Å²) in [5.74, 6) is -1.20. The number of nitrogens with zero attached hydrogens (tertiary/aromatic N) is 2. The molecule has 2 atom stereocenters. The summed E-state index contributed by atoms with van der Waals surface area (Å²) in [6.07, 6.45) is 3.46. The van der Waals surface area contributed by atoms with Gasteiger partial charge in [-0.1, -0.05) is 73.1 Å². The average molecular weight is 645 g/mol. The summed E-state index contributed by atoms with van der Waals surface area (Å²) in [6, 6.07) is 22.6. The number of aliphatic hydroxyl groups excluding tert-OH is 1. The van der Waals surface area contributed by atoms with E-state index in [4.69, 9.17) is 11.6 Å². The Bertz CT molecular complexity index is 1320. The first kappa shape index (κ1) is 28.3. The second kappa shape index (κ2) is 12.4. The predicted octanol–water partition coefficient (Wildman–Crippen LogP) is 5.28. The third-order valence-electron chi connectivity index (χ3n) is 6.80. The van der Waals surface area contributed by atoms with E-state index in [9.17, 15) is 19.8 Å². The molecule has 0 bridgehead atoms. The Morgan fingerprint density at radius 1 is 1.11 bits per heavy atom. The molecule has 0 aliphatic carbocycles. The standard InChI is InChI=1S/C30H30ClIN2O4/c1-21(6-5-9-28(36)33(16-17-35)19-22-7-3-2-4-8-22)30(38)26-18-24(31)12-15-27(26)34(29(30)37)20-23-10-13-25(32)14-11-23/h2-8,10-15,18,21,35,38H,9,16-17,19-20H2,1H3/b6-5+/t21-,30+/m1/s1. The van der Waals surface area contributed by atoms with Crippen molar-refractivity contribution in [2.75, 3.05) is 18.1 Å². The van der Waals surface area contributed by atoms with Crippen LogP contribution in [-0.2, 0) is 28.3 Å². The SMILES string of the molecule is C[C@H](/C=C/CC(=O)N(CCO)Cc1ccccc1)[C@@]1(O)C(=O)N(Cc2ccc(I)cc2)c2ccc(Cl)cc21. The van der Waals surface area contributed by atoms with E-state index in [1.54, 1.807) is 47.1 Å². The lowest BCUT2D eigenvalue weighted by Gasteiger charge is -2.28. The van der Waals surface area contributed by atoms with Crippen LogP contribution in [0.1, 0.15) is 30.0 Å². The van der Waals surface area contributed by atoms with E-state index in [0.29, 0.717) is 29.4 Å². The Labute approximate surface area is 241 Å². The number of fused-ring (bicyclic) bond motifs is 1. The molecule has 0 spiro atoms. The molecule has 0 fully saturated rings. The molecule has 3 aromatic carbocycles. The minimum absolute atomic E-state index is 0.0796. The van der Waals surface area contributed by atoms with Gasteiger partial charge in [0.15, 0.2) is 5.60 Å². The number of anilines is 1. The summed E-state index contributed by atoms with van der Waals surface area (Å²) in [5, 5.41) is 21.7. The number of hydrogen-bond donors (Lipinski definition) is 2. The van der Waals surface area contributed by atoms with E-state index in [2.05, 4.69) is 22.6 Å². The number of aliphatic hydroxyl groups is 2. The van der Waals surface area contributed by atoms with Gasteiger partial charge in [0.05, 0.1) is 18.8 Å². The maximum absolute atomic E-state index is 13.7. The molecule has 2 amide bonds. The zero-order valence-electron chi connectivity index (χ0n) is 21.1. The Hall–Kier alpha value is -2.72. The first-order valence-corrected chi connectivity index (χ1v) is 13.9. The quantitative estimate of drug-likeness (QED) is 0.233. The molecule has 0 radical (unpaired) electrons. The second-order valence-electron chi connectivity index (χ2n) is 9.39. The Balaban J connectivity index is 1.52. The van der Waals surface area contributed by atoms with E-state index >= 15 is 0 Å². The molecule has 1 heterocycles. The number of hydrogen-bond acceptors (Lipinski definition) is 4. The highest BCUT2D eigenvalue weighted by atomic mass is 127. The molecule has 38 heavy (non-hydrogen) atoms. The molecule has 0 saturated carbocycles. The first-order valence-electron chi connectivity index (χ1n) is 12.4. The molecule has 0 saturated heterocycles. The Morgan fingerprint density at radius 3 is 2.50 bits per heavy atom. The summed E-state index contributed by atoms with van der Waals surface area (Å²) in [5.41, 5.74) is 1.17. The molecule has 6 nitrogen and oxygen atoms in total. The molecular weight excluding hydrogens is 615 g/mol. The Morgan fingerprint density at radius 2 is 1.82 bits per heavy atom. The minimum atomic E-state index is -1.82. The monoisotopic (exact) mass is 644 g/mol. The van der Waals surface area contributed by atoms with Gasteiger partial charge >= 0.3 is 0 Å². The molecule has 4 rings (SSSR count). The van der Waals surface area contributed by atoms with Gasteiger partial charge in [0, 0.05) is 39.6 Å². The zero-order valence-corrected chi connectivity index (χ0v) is 24.0. The van der Waals surface area contributed by atoms with Crippen molar-refractivity contribution in [2.45, 2.75) is 32.0 Å². The van der Waals surface area contributed by atoms with Crippen LogP contribution in [0, 0.1) is 9.49 Å². The van der Waals surface area contributed by atoms with Crippen LogP contribution >= 0.6 is 34.2 Å². The van der Waals surface area contributed by atoms with Crippen LogP contribution in [0.25, 0.3) is 0 Å². The van der Waals surface area contributed by atoms with Gasteiger partial charge in [-0.15, -0.1) is 0 Å². The third-order valence-corrected chi connectivity index (χ3v) is 7.75. The largest absolute Gasteiger partial charge is 0.395 e. The predicted molar refractivity (Wildman–Crippen MR) is 158 cm³/mol. The highest BCUT2D eigenvalue weighted by molar-refractivity contribution is 14.1. The van der Waals surface area contributed by atoms with Gasteiger partial charge < -0.3 is 20.0 Å². The van der Waals surface area contributed by atoms with Crippen molar-refractivity contribution >= 4 is 51.7 Å². The fourth-order valence-corrected chi connectivity index (χ4v) is 5.24. The summed E-state index contributed by atoms with van der Waals surface area (Å²) in [4.78, 5) is 29.8. The number of amides is 2. The van der Waals surface area contributed by atoms with Gasteiger partial charge in [-0.25, -0.2) is 0 Å². The van der Waals surface area contributed by atoms with E-state index in [1.807, 2.05) is 54.6 Å². The van der Waals surface area contributed by atoms with Crippen LogP contribution in [0.4, 0.5) is 5.69 Å². The van der Waals surface area contributed by atoms with Crippen molar-refractivity contribution in [3.05, 3.63) is 110 Å². The third kappa shape index (κ3) is 6.12. The van der Waals surface area contributed by atoms with Crippen LogP contribution in [-0.4, -0.2) is 40.1 Å². The minimum Gasteiger partial charge on any atom is -0.395 e. The molecule has 0 aromatic heterocycles. The van der Waals surface area contributed by atoms with Gasteiger partial charge in [0.25, 0.3) is 5.91 Å². The number of benzene rings is 3. The summed E-state index contributed by atoms with van der Waals surface area (Å²) in [7, 11) is 0. The molecule has 1 aliphatic rings. The molecule has 2 N–H and O–H groups in total. The van der Waals surface area contributed by atoms with Crippen molar-refractivity contribution in [3.63, 3.8) is 0 Å². The van der Waals surface area contributed by atoms with E-state index in [0.717, 1.165) is 14.7 Å². The van der Waals surface area contributed by atoms with Crippen molar-refractivity contribution in [1.29, 1.82) is 0 Å². The van der Waals surface area contributed by atoms with Crippen LogP contribution in [0.5, 0.6) is 0 Å². The van der Waals surface area contributed by atoms with Gasteiger partial charge in [0.2, 0.25) is 5.91 Å². The number of halogens is 2. The number of carbonyl (C=O) groups is 2. The maximum atomic E-state index is 13.7. The molecule has 0 unspecified atom stereocenters. The second-order valence-corrected chi connectivity index (χ2v) is 11.1. The lowest BCUT2D eigenvalue weighted by atomic mass is 9.83. The highest BCUT2D eigenvalue weighted by Crippen LogP contribution is 2.46. The van der Waals surface area contributed by atoms with Crippen molar-refractivity contribution < 1.29 is 19.8 Å². The lowest BCUT2D eigenvalue weighted by Crippen LogP contribution is -2.44. The van der Waals surface area contributed by atoms with Gasteiger partial charge in [0.1, 0.15) is 0 Å². The van der Waals surface area contributed by atoms with E-state index < -0.39 is 17.4 Å². The van der Waals surface area contributed by atoms with Gasteiger partial charge in [-0.05, 0) is 64.0 Å². The van der Waals surface area contributed by atoms with Crippen LogP contribution in [0.3, 0.4) is 0 Å². The first-order chi connectivity index (χ1) is 18.2. The van der Waals surface area contributed by atoms with Crippen LogP contribution < -0.4 is 4.90 Å². The van der Waals surface area contributed by atoms with Gasteiger partial charge in [-0.2, -0.15) is 0 Å². The molecule has 3 aromatic rings. The molecular formula is C30H30ClIN2O4. The van der Waals surface area contributed by atoms with Crippen LogP contribution in [0.15, 0.2) is 84.9 Å². The Kier molecular flexibility index (Phi) is 9.25. The number of rotatable bonds is 10. The normalized spacial score (nSPS) is 17.6. The van der Waals surface area contributed by atoms with Crippen molar-refractivity contribution in [1.82, 2.24) is 4.90 Å². The van der Waals surface area contributed by atoms with E-state index in [1.165, 1.54) is 0 Å². The molecule has 1 aliphatic heterocycles. The fourth-order valence-electron chi connectivity index (χ4n) is 4.71. The summed E-state index contributed by atoms with van der Waals surface area (Å²) >= 11 is 8.51. The summed E-state index contributed by atoms with van der Waals surface area (Å²) < 4.78 is 1.09. The van der Waals surface area contributed by atoms with Crippen molar-refractivity contribution in [3.8, 4) is 0 Å². The topological polar surface area (TPSA) is 81.1 Å². The van der Waals surface area contributed by atoms with Crippen molar-refractivity contribution in [2.24, 2.45) is 5.92 Å². The molecule has 198 valence electrons. The lowest BCUT2D eigenvalue weighted by molar-refractivity contribution is -0.139. The smallest absolute Gasteiger partial charge is 0.264 e. The zero-order chi connectivity index (χ0) is 27.3. The molecule has 8 heteroatoms. The number of carbonyl (C=O) groups excluding carboxylic acids is 2. The fraction of sp³-hybridized carbons (Fsp3) is 0.267. The highest BCUT2D eigenvalue weighted by Gasteiger charge is 2.52. The average Bonchev–Trinajstić information content (AvgIpc) is 3.12. The van der Waals surface area contributed by atoms with E-state index in [-0.39, 0.29) is 25.5 Å².